The fourth-order valence-corrected chi connectivity index (χ4v) is 4.56. The van der Waals surface area contributed by atoms with Gasteiger partial charge in [0, 0.05) is 28.9 Å². The second-order valence-corrected chi connectivity index (χ2v) is 7.98. The van der Waals surface area contributed by atoms with Crippen molar-refractivity contribution in [2.24, 2.45) is 0 Å². The number of nitrogens with zero attached hydrogens (tertiary/aromatic N) is 1. The van der Waals surface area contributed by atoms with Crippen LogP contribution in [0.4, 0.5) is 0 Å². The van der Waals surface area contributed by atoms with E-state index in [1.54, 1.807) is 21.3 Å². The number of hydrogen-bond acceptors (Lipinski definition) is 4. The average molecular weight is 440 g/mol. The van der Waals surface area contributed by atoms with E-state index in [0.717, 1.165) is 34.6 Å². The summed E-state index contributed by atoms with van der Waals surface area (Å²) >= 11 is 0. The van der Waals surface area contributed by atoms with Crippen LogP contribution in [0.15, 0.2) is 72.8 Å². The minimum absolute atomic E-state index is 0.0107. The fraction of sp³-hybridized carbons (Fsp3) is 0.179. The highest BCUT2D eigenvalue weighted by molar-refractivity contribution is 6.12. The number of fused-ring (bicyclic) bond motifs is 3. The first-order chi connectivity index (χ1) is 16.1. The maximum atomic E-state index is 13.7. The molecule has 0 bridgehead atoms. The molecule has 0 radical (unpaired) electrons. The standard InChI is InChI=1S/C28H25NO4/c1-31-21-11-9-18(10-12-21)23-16-24-22-17-26(33-3)25(32-2)15-20(22)13-14-29(24)27(23)28(30)19-7-5-4-6-8-19/h4-12,15-17H,13-14H2,1-3H3. The first-order valence-electron chi connectivity index (χ1n) is 10.9. The maximum absolute atomic E-state index is 13.7. The number of hydrogen-bond donors (Lipinski definition) is 0. The van der Waals surface area contributed by atoms with Crippen LogP contribution in [0.5, 0.6) is 17.2 Å². The van der Waals surface area contributed by atoms with Gasteiger partial charge in [-0.1, -0.05) is 42.5 Å². The number of carbonyl (C=O) groups is 1. The quantitative estimate of drug-likeness (QED) is 0.365. The van der Waals surface area contributed by atoms with Crippen molar-refractivity contribution in [2.75, 3.05) is 21.3 Å². The van der Waals surface area contributed by atoms with E-state index in [-0.39, 0.29) is 5.78 Å². The molecule has 1 aliphatic rings. The van der Waals surface area contributed by atoms with Crippen molar-refractivity contribution in [1.29, 1.82) is 0 Å². The third-order valence-electron chi connectivity index (χ3n) is 6.24. The van der Waals surface area contributed by atoms with E-state index in [1.807, 2.05) is 66.7 Å². The van der Waals surface area contributed by atoms with Crippen LogP contribution in [0.2, 0.25) is 0 Å². The summed E-state index contributed by atoms with van der Waals surface area (Å²) in [5.74, 6) is 2.18. The Morgan fingerprint density at radius 2 is 1.48 bits per heavy atom. The first-order valence-corrected chi connectivity index (χ1v) is 10.9. The van der Waals surface area contributed by atoms with E-state index < -0.39 is 0 Å². The van der Waals surface area contributed by atoms with Gasteiger partial charge in [0.2, 0.25) is 5.78 Å². The van der Waals surface area contributed by atoms with E-state index in [9.17, 15) is 4.79 Å². The maximum Gasteiger partial charge on any atom is 0.210 e. The molecular weight excluding hydrogens is 414 g/mol. The van der Waals surface area contributed by atoms with E-state index in [1.165, 1.54) is 5.56 Å². The molecule has 4 aromatic rings. The second-order valence-electron chi connectivity index (χ2n) is 7.98. The second kappa shape index (κ2) is 8.51. The molecule has 0 saturated heterocycles. The molecule has 1 aromatic heterocycles. The Morgan fingerprint density at radius 3 is 2.15 bits per heavy atom. The van der Waals surface area contributed by atoms with Crippen LogP contribution < -0.4 is 14.2 Å². The summed E-state index contributed by atoms with van der Waals surface area (Å²) in [6.07, 6.45) is 0.800. The molecule has 5 rings (SSSR count). The van der Waals surface area contributed by atoms with Crippen molar-refractivity contribution in [3.8, 4) is 39.6 Å². The smallest absolute Gasteiger partial charge is 0.210 e. The van der Waals surface area contributed by atoms with Gasteiger partial charge in [0.25, 0.3) is 0 Å². The van der Waals surface area contributed by atoms with Crippen LogP contribution in [-0.4, -0.2) is 31.7 Å². The lowest BCUT2D eigenvalue weighted by Crippen LogP contribution is -2.17. The van der Waals surface area contributed by atoms with Gasteiger partial charge < -0.3 is 18.8 Å². The Labute approximate surface area is 193 Å². The van der Waals surface area contributed by atoms with Crippen LogP contribution in [-0.2, 0) is 13.0 Å². The summed E-state index contributed by atoms with van der Waals surface area (Å²) in [6.45, 7) is 0.710. The third kappa shape index (κ3) is 3.55. The molecule has 33 heavy (non-hydrogen) atoms. The van der Waals surface area contributed by atoms with E-state index >= 15 is 0 Å². The molecule has 1 aliphatic heterocycles. The van der Waals surface area contributed by atoms with Crippen LogP contribution in [0.25, 0.3) is 22.4 Å². The average Bonchev–Trinajstić information content (AvgIpc) is 3.27. The Hall–Kier alpha value is -3.99. The molecular formula is C28H25NO4. The number of methoxy groups -OCH3 is 3. The molecule has 0 unspecified atom stereocenters. The topological polar surface area (TPSA) is 49.7 Å². The monoisotopic (exact) mass is 439 g/mol. The minimum atomic E-state index is 0.0107. The van der Waals surface area contributed by atoms with Crippen molar-refractivity contribution in [2.45, 2.75) is 13.0 Å². The molecule has 0 amide bonds. The van der Waals surface area contributed by atoms with Gasteiger partial charge in [0.05, 0.1) is 27.0 Å². The van der Waals surface area contributed by atoms with Crippen molar-refractivity contribution in [3.63, 3.8) is 0 Å². The fourth-order valence-electron chi connectivity index (χ4n) is 4.56. The molecule has 2 heterocycles. The molecule has 5 heteroatoms. The number of ether oxygens (including phenoxy) is 3. The highest BCUT2D eigenvalue weighted by Gasteiger charge is 2.28. The molecule has 166 valence electrons. The van der Waals surface area contributed by atoms with Gasteiger partial charge in [0.1, 0.15) is 5.75 Å². The molecule has 3 aromatic carbocycles. The zero-order valence-corrected chi connectivity index (χ0v) is 18.9. The first kappa shape index (κ1) is 20.9. The molecule has 5 nitrogen and oxygen atoms in total. The molecule has 0 aliphatic carbocycles. The lowest BCUT2D eigenvalue weighted by Gasteiger charge is -2.23. The predicted octanol–water partition coefficient (Wildman–Crippen LogP) is 5.64. The largest absolute Gasteiger partial charge is 0.497 e. The molecule has 0 N–H and O–H groups in total. The number of ketones is 1. The van der Waals surface area contributed by atoms with Crippen LogP contribution in [0, 0.1) is 0 Å². The van der Waals surface area contributed by atoms with Gasteiger partial charge in [-0.15, -0.1) is 0 Å². The highest BCUT2D eigenvalue weighted by Crippen LogP contribution is 2.42. The van der Waals surface area contributed by atoms with Crippen molar-refractivity contribution in [3.05, 3.63) is 89.6 Å². The zero-order valence-electron chi connectivity index (χ0n) is 18.9. The summed E-state index contributed by atoms with van der Waals surface area (Å²) in [7, 11) is 4.93. The van der Waals surface area contributed by atoms with Gasteiger partial charge in [-0.25, -0.2) is 0 Å². The summed E-state index contributed by atoms with van der Waals surface area (Å²) in [5, 5.41) is 0. The van der Waals surface area contributed by atoms with Gasteiger partial charge in [-0.05, 0) is 47.9 Å². The molecule has 0 saturated carbocycles. The van der Waals surface area contributed by atoms with E-state index in [2.05, 4.69) is 10.6 Å². The van der Waals surface area contributed by atoms with E-state index in [4.69, 9.17) is 14.2 Å². The van der Waals surface area contributed by atoms with Crippen LogP contribution in [0.1, 0.15) is 21.6 Å². The highest BCUT2D eigenvalue weighted by atomic mass is 16.5. The lowest BCUT2D eigenvalue weighted by atomic mass is 9.97. The minimum Gasteiger partial charge on any atom is -0.497 e. The number of benzene rings is 3. The van der Waals surface area contributed by atoms with Crippen molar-refractivity contribution >= 4 is 5.78 Å². The summed E-state index contributed by atoms with van der Waals surface area (Å²) < 4.78 is 18.5. The number of aromatic nitrogens is 1. The zero-order chi connectivity index (χ0) is 22.9. The Kier molecular flexibility index (Phi) is 5.38. The Morgan fingerprint density at radius 1 is 0.788 bits per heavy atom. The van der Waals surface area contributed by atoms with Gasteiger partial charge >= 0.3 is 0 Å². The number of rotatable bonds is 6. The summed E-state index contributed by atoms with van der Waals surface area (Å²) in [4.78, 5) is 13.7. The summed E-state index contributed by atoms with van der Waals surface area (Å²) in [5.41, 5.74) is 6.48. The lowest BCUT2D eigenvalue weighted by molar-refractivity contribution is 0.103. The SMILES string of the molecule is COc1ccc(-c2cc3n(c2C(=O)c2ccccc2)CCc2cc(OC)c(OC)cc2-3)cc1. The molecule has 0 spiro atoms. The normalized spacial score (nSPS) is 12.0. The molecule has 0 fully saturated rings. The third-order valence-corrected chi connectivity index (χ3v) is 6.24. The van der Waals surface area contributed by atoms with Crippen molar-refractivity contribution < 1.29 is 19.0 Å². The number of carbonyl (C=O) groups excluding carboxylic acids is 1. The predicted molar refractivity (Wildman–Crippen MR) is 129 cm³/mol. The molecule has 0 atom stereocenters. The van der Waals surface area contributed by atoms with Gasteiger partial charge in [-0.2, -0.15) is 0 Å². The van der Waals surface area contributed by atoms with Crippen LogP contribution in [0.3, 0.4) is 0 Å². The van der Waals surface area contributed by atoms with Gasteiger partial charge in [0.15, 0.2) is 11.5 Å². The summed E-state index contributed by atoms with van der Waals surface area (Å²) in [6, 6.07) is 23.4. The van der Waals surface area contributed by atoms with E-state index in [0.29, 0.717) is 29.3 Å². The van der Waals surface area contributed by atoms with Gasteiger partial charge in [-0.3, -0.25) is 4.79 Å². The van der Waals surface area contributed by atoms with Crippen molar-refractivity contribution in [1.82, 2.24) is 4.57 Å². The number of aryl methyl sites for hydroxylation is 1. The Bertz CT molecular complexity index is 1320. The van der Waals surface area contributed by atoms with Crippen LogP contribution >= 0.6 is 0 Å². The Balaban J connectivity index is 1.74.